The standard InChI is InChI=1S/C14H20FN/c1-10-6-7-14(16(4)5)13(8-10)11(2)9-12(3)15/h6-8,12H,2,9H2,1,3-5H3. The van der Waals surface area contributed by atoms with E-state index < -0.39 is 6.17 Å². The molecule has 1 atom stereocenters. The van der Waals surface area contributed by atoms with Gasteiger partial charge in [0.25, 0.3) is 0 Å². The fraction of sp³-hybridized carbons (Fsp3) is 0.429. The first-order valence-corrected chi connectivity index (χ1v) is 5.52. The summed E-state index contributed by atoms with van der Waals surface area (Å²) in [6, 6.07) is 6.18. The Morgan fingerprint density at radius 1 is 1.44 bits per heavy atom. The van der Waals surface area contributed by atoms with E-state index in [2.05, 4.69) is 24.8 Å². The number of nitrogens with zero attached hydrogens (tertiary/aromatic N) is 1. The molecule has 2 heteroatoms. The number of halogens is 1. The number of benzene rings is 1. The molecule has 1 unspecified atom stereocenters. The molecule has 0 aromatic heterocycles. The SMILES string of the molecule is C=C(CC(C)F)c1cc(C)ccc1N(C)C. The summed E-state index contributed by atoms with van der Waals surface area (Å²) in [6.07, 6.45) is -0.451. The van der Waals surface area contributed by atoms with Crippen LogP contribution in [0.4, 0.5) is 10.1 Å². The zero-order valence-electron chi connectivity index (χ0n) is 10.5. The highest BCUT2D eigenvalue weighted by Gasteiger charge is 2.10. The van der Waals surface area contributed by atoms with Crippen LogP contribution < -0.4 is 4.90 Å². The fourth-order valence-corrected chi connectivity index (χ4v) is 1.77. The Bertz CT molecular complexity index is 380. The molecule has 0 bridgehead atoms. The Balaban J connectivity index is 3.09. The molecule has 16 heavy (non-hydrogen) atoms. The minimum absolute atomic E-state index is 0.393. The summed E-state index contributed by atoms with van der Waals surface area (Å²) in [5.41, 5.74) is 4.18. The summed E-state index contributed by atoms with van der Waals surface area (Å²) >= 11 is 0. The van der Waals surface area contributed by atoms with Gasteiger partial charge in [-0.05, 0) is 31.6 Å². The summed E-state index contributed by atoms with van der Waals surface area (Å²) in [5.74, 6) is 0. The smallest absolute Gasteiger partial charge is 0.101 e. The van der Waals surface area contributed by atoms with Crippen molar-refractivity contribution in [2.45, 2.75) is 26.4 Å². The van der Waals surface area contributed by atoms with Crippen LogP contribution in [-0.2, 0) is 0 Å². The van der Waals surface area contributed by atoms with Gasteiger partial charge in [-0.25, -0.2) is 4.39 Å². The molecule has 88 valence electrons. The van der Waals surface area contributed by atoms with Crippen LogP contribution in [0, 0.1) is 6.92 Å². The molecule has 0 aliphatic carbocycles. The topological polar surface area (TPSA) is 3.24 Å². The summed E-state index contributed by atoms with van der Waals surface area (Å²) in [6.45, 7) is 7.59. The van der Waals surface area contributed by atoms with E-state index in [9.17, 15) is 4.39 Å². The molecule has 0 saturated carbocycles. The van der Waals surface area contributed by atoms with E-state index in [4.69, 9.17) is 0 Å². The van der Waals surface area contributed by atoms with Crippen molar-refractivity contribution in [3.8, 4) is 0 Å². The maximum atomic E-state index is 13.0. The largest absolute Gasteiger partial charge is 0.377 e. The van der Waals surface area contributed by atoms with Crippen molar-refractivity contribution in [1.29, 1.82) is 0 Å². The number of allylic oxidation sites excluding steroid dienone is 1. The van der Waals surface area contributed by atoms with Gasteiger partial charge in [0.05, 0.1) is 0 Å². The lowest BCUT2D eigenvalue weighted by molar-refractivity contribution is 0.369. The van der Waals surface area contributed by atoms with Crippen LogP contribution >= 0.6 is 0 Å². The lowest BCUT2D eigenvalue weighted by Gasteiger charge is -2.19. The Morgan fingerprint density at radius 3 is 2.56 bits per heavy atom. The van der Waals surface area contributed by atoms with Crippen LogP contribution in [0.15, 0.2) is 24.8 Å². The highest BCUT2D eigenvalue weighted by atomic mass is 19.1. The third-order valence-electron chi connectivity index (χ3n) is 2.54. The molecule has 1 aromatic rings. The molecule has 0 N–H and O–H groups in total. The van der Waals surface area contributed by atoms with Gasteiger partial charge in [-0.15, -0.1) is 0 Å². The molecule has 1 nitrogen and oxygen atoms in total. The van der Waals surface area contributed by atoms with Gasteiger partial charge in [-0.1, -0.05) is 18.2 Å². The second-order valence-electron chi connectivity index (χ2n) is 4.50. The molecule has 0 amide bonds. The molecule has 0 radical (unpaired) electrons. The first-order chi connectivity index (χ1) is 7.41. The quantitative estimate of drug-likeness (QED) is 0.747. The summed E-state index contributed by atoms with van der Waals surface area (Å²) in [7, 11) is 3.97. The zero-order valence-corrected chi connectivity index (χ0v) is 10.5. The van der Waals surface area contributed by atoms with Crippen LogP contribution in [0.2, 0.25) is 0 Å². The molecule has 1 aromatic carbocycles. The fourth-order valence-electron chi connectivity index (χ4n) is 1.77. The van der Waals surface area contributed by atoms with E-state index in [0.29, 0.717) is 6.42 Å². The van der Waals surface area contributed by atoms with Gasteiger partial charge in [0.15, 0.2) is 0 Å². The van der Waals surface area contributed by atoms with Gasteiger partial charge < -0.3 is 4.90 Å². The molecular weight excluding hydrogens is 201 g/mol. The van der Waals surface area contributed by atoms with Crippen LogP contribution in [0.3, 0.4) is 0 Å². The number of aryl methyl sites for hydroxylation is 1. The van der Waals surface area contributed by atoms with Crippen LogP contribution in [0.1, 0.15) is 24.5 Å². The van der Waals surface area contributed by atoms with E-state index in [1.807, 2.05) is 25.9 Å². The Labute approximate surface area is 97.6 Å². The highest BCUT2D eigenvalue weighted by Crippen LogP contribution is 2.29. The number of alkyl halides is 1. The van der Waals surface area contributed by atoms with Crippen LogP contribution in [-0.4, -0.2) is 20.3 Å². The zero-order chi connectivity index (χ0) is 12.3. The summed E-state index contributed by atoms with van der Waals surface area (Å²) in [4.78, 5) is 2.03. The van der Waals surface area contributed by atoms with Crippen LogP contribution in [0.5, 0.6) is 0 Å². The number of hydrogen-bond donors (Lipinski definition) is 0. The van der Waals surface area contributed by atoms with Gasteiger partial charge in [-0.2, -0.15) is 0 Å². The molecule has 0 spiro atoms. The molecule has 0 heterocycles. The monoisotopic (exact) mass is 221 g/mol. The van der Waals surface area contributed by atoms with Gasteiger partial charge in [0.1, 0.15) is 6.17 Å². The van der Waals surface area contributed by atoms with Crippen molar-refractivity contribution >= 4 is 11.3 Å². The van der Waals surface area contributed by atoms with E-state index >= 15 is 0 Å². The lowest BCUT2D eigenvalue weighted by Crippen LogP contribution is -2.11. The highest BCUT2D eigenvalue weighted by molar-refractivity contribution is 5.76. The van der Waals surface area contributed by atoms with Crippen molar-refractivity contribution < 1.29 is 4.39 Å². The van der Waals surface area contributed by atoms with Crippen LogP contribution in [0.25, 0.3) is 5.57 Å². The Kier molecular flexibility index (Phi) is 4.11. The van der Waals surface area contributed by atoms with Gasteiger partial charge in [-0.3, -0.25) is 0 Å². The number of hydrogen-bond acceptors (Lipinski definition) is 1. The predicted molar refractivity (Wildman–Crippen MR) is 69.7 cm³/mol. The minimum atomic E-state index is -0.844. The molecule has 1 rings (SSSR count). The van der Waals surface area contributed by atoms with Crippen molar-refractivity contribution in [2.24, 2.45) is 0 Å². The Hall–Kier alpha value is -1.31. The van der Waals surface area contributed by atoms with Gasteiger partial charge in [0, 0.05) is 31.8 Å². The second-order valence-corrected chi connectivity index (χ2v) is 4.50. The third-order valence-corrected chi connectivity index (χ3v) is 2.54. The maximum absolute atomic E-state index is 13.0. The van der Waals surface area contributed by atoms with Gasteiger partial charge in [0.2, 0.25) is 0 Å². The average Bonchev–Trinajstić information content (AvgIpc) is 2.15. The Morgan fingerprint density at radius 2 is 2.06 bits per heavy atom. The van der Waals surface area contributed by atoms with Crippen molar-refractivity contribution in [2.75, 3.05) is 19.0 Å². The van der Waals surface area contributed by atoms with Crippen molar-refractivity contribution in [3.05, 3.63) is 35.9 Å². The second kappa shape index (κ2) is 5.15. The molecular formula is C14H20FN. The number of anilines is 1. The molecule has 0 fully saturated rings. The molecule has 0 aliphatic rings. The van der Waals surface area contributed by atoms with Crippen molar-refractivity contribution in [3.63, 3.8) is 0 Å². The van der Waals surface area contributed by atoms with E-state index in [-0.39, 0.29) is 0 Å². The first kappa shape index (κ1) is 12.8. The molecule has 0 saturated heterocycles. The third kappa shape index (κ3) is 3.09. The first-order valence-electron chi connectivity index (χ1n) is 5.52. The normalized spacial score (nSPS) is 12.3. The summed E-state index contributed by atoms with van der Waals surface area (Å²) < 4.78 is 13.0. The molecule has 0 aliphatic heterocycles. The maximum Gasteiger partial charge on any atom is 0.101 e. The average molecular weight is 221 g/mol. The predicted octanol–water partition coefficient (Wildman–Crippen LogP) is 3.82. The van der Waals surface area contributed by atoms with E-state index in [1.54, 1.807) is 6.92 Å². The van der Waals surface area contributed by atoms with Crippen molar-refractivity contribution in [1.82, 2.24) is 0 Å². The van der Waals surface area contributed by atoms with E-state index in [0.717, 1.165) is 16.8 Å². The van der Waals surface area contributed by atoms with E-state index in [1.165, 1.54) is 5.56 Å². The minimum Gasteiger partial charge on any atom is -0.377 e. The number of rotatable bonds is 4. The summed E-state index contributed by atoms with van der Waals surface area (Å²) in [5, 5.41) is 0. The lowest BCUT2D eigenvalue weighted by atomic mass is 9.98. The van der Waals surface area contributed by atoms with Gasteiger partial charge >= 0.3 is 0 Å².